The van der Waals surface area contributed by atoms with Crippen LogP contribution in [0.4, 0.5) is 0 Å². The van der Waals surface area contributed by atoms with Crippen LogP contribution >= 0.6 is 0 Å². The molecule has 0 aromatic heterocycles. The maximum absolute atomic E-state index is 12.8. The molecule has 0 spiro atoms. The van der Waals surface area contributed by atoms with Crippen LogP contribution in [0, 0.1) is 5.21 Å². The van der Waals surface area contributed by atoms with E-state index in [0.29, 0.717) is 0 Å². The largest absolute Gasteiger partial charge is 0.633 e. The van der Waals surface area contributed by atoms with Gasteiger partial charge in [-0.2, -0.15) is 0 Å². The maximum atomic E-state index is 12.8. The zero-order valence-corrected chi connectivity index (χ0v) is 11.2. The molecule has 0 radical (unpaired) electrons. The predicted molar refractivity (Wildman–Crippen MR) is 78.8 cm³/mol. The molecule has 3 heteroatoms. The van der Waals surface area contributed by atoms with E-state index in [2.05, 4.69) is 0 Å². The third kappa shape index (κ3) is 2.75. The molecule has 0 saturated carbocycles. The van der Waals surface area contributed by atoms with Gasteiger partial charge in [-0.05, 0) is 11.1 Å². The van der Waals surface area contributed by atoms with Crippen LogP contribution in [0.2, 0.25) is 0 Å². The molecular weight excluding hydrogens is 250 g/mol. The van der Waals surface area contributed by atoms with Crippen molar-refractivity contribution in [1.29, 1.82) is 0 Å². The average molecular weight is 272 g/mol. The summed E-state index contributed by atoms with van der Waals surface area (Å²) in [6, 6.07) is 17.2. The van der Waals surface area contributed by atoms with E-state index in [1.807, 2.05) is 54.6 Å². The molecule has 3 rings (SSSR count). The summed E-state index contributed by atoms with van der Waals surface area (Å²) in [6.45, 7) is -2.67. The van der Waals surface area contributed by atoms with Gasteiger partial charge in [-0.25, -0.2) is 0 Å². The Bertz CT molecular complexity index is 675. The number of hydrogen-bond donors (Lipinski definition) is 0. The van der Waals surface area contributed by atoms with Gasteiger partial charge in [-0.15, -0.1) is 0 Å². The van der Waals surface area contributed by atoms with Gasteiger partial charge in [0.25, 0.3) is 0 Å². The van der Waals surface area contributed by atoms with Crippen LogP contribution in [0.3, 0.4) is 0 Å². The molecule has 20 heavy (non-hydrogen) atoms. The lowest BCUT2D eigenvalue weighted by atomic mass is 9.95. The first-order valence-corrected chi connectivity index (χ1v) is 6.73. The van der Waals surface area contributed by atoms with Gasteiger partial charge in [0.2, 0.25) is 0 Å². The van der Waals surface area contributed by atoms with Crippen molar-refractivity contribution in [2.75, 3.05) is 20.1 Å². The molecule has 1 aliphatic rings. The van der Waals surface area contributed by atoms with Crippen molar-refractivity contribution in [3.8, 4) is 0 Å². The molecule has 2 aromatic carbocycles. The first-order chi connectivity index (χ1) is 10.9. The Morgan fingerprint density at radius 2 is 1.90 bits per heavy atom. The smallest absolute Gasteiger partial charge is 0.108 e. The van der Waals surface area contributed by atoms with Crippen molar-refractivity contribution in [3.63, 3.8) is 0 Å². The highest BCUT2D eigenvalue weighted by atomic mass is 16.6. The Morgan fingerprint density at radius 3 is 2.70 bits per heavy atom. The summed E-state index contributed by atoms with van der Waals surface area (Å²) >= 11 is 0. The number of likely N-dealkylation sites (N-methyl/N-ethyl adjacent to an activating group) is 1. The van der Waals surface area contributed by atoms with Gasteiger partial charge in [0.15, 0.2) is 0 Å². The van der Waals surface area contributed by atoms with Crippen molar-refractivity contribution >= 4 is 0 Å². The van der Waals surface area contributed by atoms with E-state index in [1.54, 1.807) is 0 Å². The molecule has 0 saturated heterocycles. The molecule has 2 aromatic rings. The molecular formula is C17H19NO2. The van der Waals surface area contributed by atoms with Crippen molar-refractivity contribution < 1.29 is 13.5 Å². The monoisotopic (exact) mass is 272 g/mol. The SMILES string of the molecule is [2H]C([2H])([2H])[N+]1([O-])CCOC(c2ccccc2)c2ccccc2C1. The Morgan fingerprint density at radius 1 is 1.15 bits per heavy atom. The normalized spacial score (nSPS) is 29.2. The molecule has 1 heterocycles. The lowest BCUT2D eigenvalue weighted by Crippen LogP contribution is -2.41. The number of quaternary nitrogens is 1. The topological polar surface area (TPSA) is 32.3 Å². The molecule has 1 aliphatic heterocycles. The highest BCUT2D eigenvalue weighted by Crippen LogP contribution is 2.31. The van der Waals surface area contributed by atoms with E-state index in [-0.39, 0.29) is 25.8 Å². The number of benzene rings is 2. The quantitative estimate of drug-likeness (QED) is 0.589. The minimum atomic E-state index is -2.62. The Balaban J connectivity index is 2.04. The Hall–Kier alpha value is -1.68. The van der Waals surface area contributed by atoms with Crippen LogP contribution in [0.15, 0.2) is 54.6 Å². The predicted octanol–water partition coefficient (Wildman–Crippen LogP) is 3.25. The van der Waals surface area contributed by atoms with Gasteiger partial charge in [-0.3, -0.25) is 0 Å². The van der Waals surface area contributed by atoms with Crippen molar-refractivity contribution in [2.45, 2.75) is 12.6 Å². The van der Waals surface area contributed by atoms with Gasteiger partial charge in [0, 0.05) is 5.56 Å². The van der Waals surface area contributed by atoms with E-state index < -0.39 is 11.6 Å². The van der Waals surface area contributed by atoms with Crippen LogP contribution in [-0.4, -0.2) is 24.8 Å². The van der Waals surface area contributed by atoms with E-state index >= 15 is 0 Å². The van der Waals surface area contributed by atoms with E-state index in [1.165, 1.54) is 0 Å². The van der Waals surface area contributed by atoms with Crippen LogP contribution in [0.1, 0.15) is 26.9 Å². The van der Waals surface area contributed by atoms with Crippen LogP contribution in [-0.2, 0) is 11.3 Å². The standard InChI is InChI=1S/C17H19NO2/c1-18(19)11-12-20-17(14-7-3-2-4-8-14)16-10-6-5-9-15(16)13-18/h2-10,17H,11-13H2,1H3/i1D3. The van der Waals surface area contributed by atoms with E-state index in [9.17, 15) is 5.21 Å². The molecule has 104 valence electrons. The number of rotatable bonds is 1. The summed E-state index contributed by atoms with van der Waals surface area (Å²) in [4.78, 5) is 0. The van der Waals surface area contributed by atoms with Crippen molar-refractivity contribution in [1.82, 2.24) is 0 Å². The molecule has 2 atom stereocenters. The fraction of sp³-hybridized carbons (Fsp3) is 0.294. The fourth-order valence-electron chi connectivity index (χ4n) is 2.60. The summed E-state index contributed by atoms with van der Waals surface area (Å²) in [5.41, 5.74) is 2.59. The van der Waals surface area contributed by atoms with Gasteiger partial charge >= 0.3 is 0 Å². The molecule has 0 N–H and O–H groups in total. The van der Waals surface area contributed by atoms with E-state index in [0.717, 1.165) is 16.7 Å². The zero-order valence-electron chi connectivity index (χ0n) is 14.2. The number of hydroxylamine groups is 3. The second kappa shape index (κ2) is 5.37. The summed E-state index contributed by atoms with van der Waals surface area (Å²) in [6.07, 6.45) is -0.280. The summed E-state index contributed by atoms with van der Waals surface area (Å²) in [7, 11) is 0. The fourth-order valence-corrected chi connectivity index (χ4v) is 2.60. The molecule has 2 unspecified atom stereocenters. The maximum Gasteiger partial charge on any atom is 0.108 e. The second-order valence-corrected chi connectivity index (χ2v) is 5.13. The number of nitrogens with zero attached hydrogens (tertiary/aromatic N) is 1. The third-order valence-corrected chi connectivity index (χ3v) is 3.60. The molecule has 0 fully saturated rings. The lowest BCUT2D eigenvalue weighted by molar-refractivity contribution is -0.875. The Kier molecular flexibility index (Phi) is 2.71. The number of ether oxygens (including phenoxy) is 1. The number of hydrogen-bond acceptors (Lipinski definition) is 2. The van der Waals surface area contributed by atoms with Gasteiger partial charge in [0.1, 0.15) is 19.2 Å². The molecule has 3 nitrogen and oxygen atoms in total. The highest BCUT2D eigenvalue weighted by Gasteiger charge is 2.24. The van der Waals surface area contributed by atoms with Crippen molar-refractivity contribution in [2.24, 2.45) is 0 Å². The Labute approximate surface area is 123 Å². The minimum Gasteiger partial charge on any atom is -0.633 e. The first-order valence-electron chi connectivity index (χ1n) is 8.23. The van der Waals surface area contributed by atoms with Crippen molar-refractivity contribution in [3.05, 3.63) is 76.5 Å². The highest BCUT2D eigenvalue weighted by molar-refractivity contribution is 5.36. The minimum absolute atomic E-state index is 0.0701. The summed E-state index contributed by atoms with van der Waals surface area (Å²) in [5.74, 6) is 0. The number of fused-ring (bicyclic) bond motifs is 1. The lowest BCUT2D eigenvalue weighted by Gasteiger charge is -2.41. The van der Waals surface area contributed by atoms with Crippen LogP contribution in [0.25, 0.3) is 0 Å². The third-order valence-electron chi connectivity index (χ3n) is 3.60. The molecule has 0 aliphatic carbocycles. The summed E-state index contributed by atoms with van der Waals surface area (Å²) in [5, 5.41) is 12.8. The molecule has 0 bridgehead atoms. The zero-order chi connectivity index (χ0) is 16.5. The van der Waals surface area contributed by atoms with Crippen LogP contribution in [0.5, 0.6) is 0 Å². The van der Waals surface area contributed by atoms with Crippen LogP contribution < -0.4 is 0 Å². The first kappa shape index (κ1) is 10.1. The average Bonchev–Trinajstić information content (AvgIpc) is 2.50. The van der Waals surface area contributed by atoms with Gasteiger partial charge in [-0.1, -0.05) is 54.6 Å². The van der Waals surface area contributed by atoms with Gasteiger partial charge in [0.05, 0.1) is 17.7 Å². The molecule has 0 amide bonds. The summed E-state index contributed by atoms with van der Waals surface area (Å²) < 4.78 is 27.4. The van der Waals surface area contributed by atoms with Gasteiger partial charge < -0.3 is 14.6 Å². The second-order valence-electron chi connectivity index (χ2n) is 5.13. The van der Waals surface area contributed by atoms with E-state index in [4.69, 9.17) is 8.85 Å².